The van der Waals surface area contributed by atoms with Gasteiger partial charge in [0.25, 0.3) is 5.91 Å². The van der Waals surface area contributed by atoms with E-state index in [0.29, 0.717) is 11.6 Å². The van der Waals surface area contributed by atoms with Crippen LogP contribution in [0.5, 0.6) is 5.88 Å². The Morgan fingerprint density at radius 2 is 1.96 bits per heavy atom. The third-order valence-corrected chi connectivity index (χ3v) is 3.57. The fourth-order valence-corrected chi connectivity index (χ4v) is 2.23. The van der Waals surface area contributed by atoms with E-state index in [1.807, 2.05) is 31.2 Å². The van der Waals surface area contributed by atoms with Crippen molar-refractivity contribution in [1.82, 2.24) is 19.7 Å². The van der Waals surface area contributed by atoms with Crippen LogP contribution >= 0.6 is 0 Å². The predicted molar refractivity (Wildman–Crippen MR) is 89.9 cm³/mol. The minimum atomic E-state index is -0.344. The Bertz CT molecular complexity index is 871. The van der Waals surface area contributed by atoms with E-state index < -0.39 is 0 Å². The summed E-state index contributed by atoms with van der Waals surface area (Å²) < 4.78 is 6.55. The second kappa shape index (κ2) is 6.49. The number of ether oxygens (including phenoxy) is 1. The minimum absolute atomic E-state index is 0.133. The van der Waals surface area contributed by atoms with Crippen LogP contribution in [0, 0.1) is 6.92 Å². The number of rotatable bonds is 4. The molecule has 24 heavy (non-hydrogen) atoms. The van der Waals surface area contributed by atoms with Crippen molar-refractivity contribution < 1.29 is 9.53 Å². The smallest absolute Gasteiger partial charge is 0.295 e. The lowest BCUT2D eigenvalue weighted by Gasteiger charge is -2.10. The maximum atomic E-state index is 12.2. The van der Waals surface area contributed by atoms with E-state index in [9.17, 15) is 4.79 Å². The van der Waals surface area contributed by atoms with Crippen LogP contribution in [0.4, 0.5) is 5.69 Å². The summed E-state index contributed by atoms with van der Waals surface area (Å²) >= 11 is 0. The number of pyridine rings is 1. The Balaban J connectivity index is 1.86. The number of aryl methyl sites for hydroxylation is 2. The summed E-state index contributed by atoms with van der Waals surface area (Å²) in [6, 6.07) is 9.54. The van der Waals surface area contributed by atoms with Gasteiger partial charge in [-0.2, -0.15) is 0 Å². The standard InChI is InChI=1S/C17H17N5O2/c1-11-4-5-12(13-6-7-15(24-3)18-9-13)8-14(11)20-17(23)16-19-10-22(2)21-16/h4-10H,1-3H3,(H,20,23). The van der Waals surface area contributed by atoms with Crippen molar-refractivity contribution in [3.8, 4) is 17.0 Å². The molecular formula is C17H17N5O2. The number of nitrogens with zero attached hydrogens (tertiary/aromatic N) is 4. The summed E-state index contributed by atoms with van der Waals surface area (Å²) in [6.45, 7) is 1.93. The quantitative estimate of drug-likeness (QED) is 0.797. The van der Waals surface area contributed by atoms with Crippen molar-refractivity contribution >= 4 is 11.6 Å². The molecule has 0 atom stereocenters. The zero-order valence-corrected chi connectivity index (χ0v) is 13.6. The van der Waals surface area contributed by atoms with Gasteiger partial charge in [0.15, 0.2) is 0 Å². The Morgan fingerprint density at radius 3 is 2.58 bits per heavy atom. The average molecular weight is 323 g/mol. The Kier molecular flexibility index (Phi) is 4.24. The van der Waals surface area contributed by atoms with Gasteiger partial charge in [-0.1, -0.05) is 12.1 Å². The van der Waals surface area contributed by atoms with Gasteiger partial charge in [-0.3, -0.25) is 9.48 Å². The largest absolute Gasteiger partial charge is 0.481 e. The van der Waals surface area contributed by atoms with Crippen LogP contribution in [-0.4, -0.2) is 32.8 Å². The van der Waals surface area contributed by atoms with Crippen LogP contribution in [-0.2, 0) is 7.05 Å². The molecule has 0 aliphatic rings. The first-order chi connectivity index (χ1) is 11.6. The van der Waals surface area contributed by atoms with Crippen molar-refractivity contribution in [2.75, 3.05) is 12.4 Å². The van der Waals surface area contributed by atoms with Crippen molar-refractivity contribution in [3.05, 3.63) is 54.2 Å². The molecule has 0 aliphatic carbocycles. The number of carbonyl (C=O) groups is 1. The van der Waals surface area contributed by atoms with Gasteiger partial charge in [-0.15, -0.1) is 5.10 Å². The Morgan fingerprint density at radius 1 is 1.17 bits per heavy atom. The van der Waals surface area contributed by atoms with Crippen LogP contribution in [0.25, 0.3) is 11.1 Å². The SMILES string of the molecule is COc1ccc(-c2ccc(C)c(NC(=O)c3ncn(C)n3)c2)cn1. The molecule has 1 N–H and O–H groups in total. The zero-order chi connectivity index (χ0) is 17.1. The lowest BCUT2D eigenvalue weighted by atomic mass is 10.0. The number of nitrogens with one attached hydrogen (secondary N) is 1. The highest BCUT2D eigenvalue weighted by molar-refractivity contribution is 6.02. The summed E-state index contributed by atoms with van der Waals surface area (Å²) in [4.78, 5) is 20.4. The molecule has 0 saturated carbocycles. The number of methoxy groups -OCH3 is 1. The van der Waals surface area contributed by atoms with Gasteiger partial charge in [0.1, 0.15) is 6.33 Å². The van der Waals surface area contributed by atoms with Gasteiger partial charge in [-0.25, -0.2) is 9.97 Å². The van der Waals surface area contributed by atoms with Gasteiger partial charge in [-0.05, 0) is 30.2 Å². The minimum Gasteiger partial charge on any atom is -0.481 e. The van der Waals surface area contributed by atoms with Crippen LogP contribution < -0.4 is 10.1 Å². The summed E-state index contributed by atoms with van der Waals surface area (Å²) in [5.41, 5.74) is 3.53. The molecule has 0 bridgehead atoms. The summed E-state index contributed by atoms with van der Waals surface area (Å²) in [6.07, 6.45) is 3.22. The molecule has 0 unspecified atom stereocenters. The van der Waals surface area contributed by atoms with Crippen LogP contribution in [0.15, 0.2) is 42.9 Å². The molecule has 1 aromatic carbocycles. The van der Waals surface area contributed by atoms with Gasteiger partial charge < -0.3 is 10.1 Å². The molecule has 0 aliphatic heterocycles. The molecule has 7 nitrogen and oxygen atoms in total. The Labute approximate surface area is 139 Å². The average Bonchev–Trinajstić information content (AvgIpc) is 3.03. The third kappa shape index (κ3) is 3.24. The molecule has 0 radical (unpaired) electrons. The highest BCUT2D eigenvalue weighted by Crippen LogP contribution is 2.26. The first-order valence-electron chi connectivity index (χ1n) is 7.35. The topological polar surface area (TPSA) is 81.9 Å². The molecule has 0 fully saturated rings. The van der Waals surface area contributed by atoms with Crippen molar-refractivity contribution in [2.24, 2.45) is 7.05 Å². The molecule has 7 heteroatoms. The molecule has 122 valence electrons. The fourth-order valence-electron chi connectivity index (χ4n) is 2.23. The number of hydrogen-bond donors (Lipinski definition) is 1. The maximum absolute atomic E-state index is 12.2. The Hall–Kier alpha value is -3.22. The van der Waals surface area contributed by atoms with Crippen molar-refractivity contribution in [2.45, 2.75) is 6.92 Å². The van der Waals surface area contributed by atoms with Crippen LogP contribution in [0.2, 0.25) is 0 Å². The number of anilines is 1. The zero-order valence-electron chi connectivity index (χ0n) is 13.6. The first kappa shape index (κ1) is 15.7. The molecular weight excluding hydrogens is 306 g/mol. The molecule has 3 aromatic rings. The lowest BCUT2D eigenvalue weighted by Crippen LogP contribution is -2.15. The fraction of sp³-hybridized carbons (Fsp3) is 0.176. The predicted octanol–water partition coefficient (Wildman–Crippen LogP) is 2.45. The number of aromatic nitrogens is 4. The second-order valence-corrected chi connectivity index (χ2v) is 5.31. The lowest BCUT2D eigenvalue weighted by molar-refractivity contribution is 0.101. The summed E-state index contributed by atoms with van der Waals surface area (Å²) in [7, 11) is 3.29. The monoisotopic (exact) mass is 323 g/mol. The molecule has 2 aromatic heterocycles. The highest BCUT2D eigenvalue weighted by Gasteiger charge is 2.13. The van der Waals surface area contributed by atoms with Crippen molar-refractivity contribution in [1.29, 1.82) is 0 Å². The van der Waals surface area contributed by atoms with E-state index in [-0.39, 0.29) is 11.7 Å². The number of hydrogen-bond acceptors (Lipinski definition) is 5. The van der Waals surface area contributed by atoms with Crippen LogP contribution in [0.3, 0.4) is 0 Å². The van der Waals surface area contributed by atoms with E-state index in [1.165, 1.54) is 11.0 Å². The number of carbonyl (C=O) groups excluding carboxylic acids is 1. The van der Waals surface area contributed by atoms with E-state index in [0.717, 1.165) is 16.7 Å². The molecule has 3 rings (SSSR count). The van der Waals surface area contributed by atoms with Crippen molar-refractivity contribution in [3.63, 3.8) is 0 Å². The first-order valence-corrected chi connectivity index (χ1v) is 7.35. The molecule has 1 amide bonds. The van der Waals surface area contributed by atoms with Gasteiger partial charge in [0, 0.05) is 30.6 Å². The molecule has 0 spiro atoms. The van der Waals surface area contributed by atoms with E-state index >= 15 is 0 Å². The molecule has 0 saturated heterocycles. The molecule has 2 heterocycles. The summed E-state index contributed by atoms with van der Waals surface area (Å²) in [5, 5.41) is 6.86. The van der Waals surface area contributed by atoms with Gasteiger partial charge in [0.2, 0.25) is 11.7 Å². The third-order valence-electron chi connectivity index (χ3n) is 3.57. The summed E-state index contributed by atoms with van der Waals surface area (Å²) in [5.74, 6) is 0.345. The highest BCUT2D eigenvalue weighted by atomic mass is 16.5. The maximum Gasteiger partial charge on any atom is 0.295 e. The van der Waals surface area contributed by atoms with E-state index in [1.54, 1.807) is 26.4 Å². The van der Waals surface area contributed by atoms with Crippen LogP contribution in [0.1, 0.15) is 16.2 Å². The second-order valence-electron chi connectivity index (χ2n) is 5.31. The van der Waals surface area contributed by atoms with Gasteiger partial charge >= 0.3 is 0 Å². The normalized spacial score (nSPS) is 10.5. The number of amides is 1. The number of benzene rings is 1. The van der Waals surface area contributed by atoms with E-state index in [4.69, 9.17) is 4.74 Å². The van der Waals surface area contributed by atoms with Gasteiger partial charge in [0.05, 0.1) is 7.11 Å². The van der Waals surface area contributed by atoms with E-state index in [2.05, 4.69) is 20.4 Å².